The number of unbranched alkanes of at least 4 members (excludes halogenated alkanes) is 1. The summed E-state index contributed by atoms with van der Waals surface area (Å²) < 4.78 is 22.1. The fourth-order valence-corrected chi connectivity index (χ4v) is 5.84. The van der Waals surface area contributed by atoms with Gasteiger partial charge < -0.3 is 14.2 Å². The van der Waals surface area contributed by atoms with Gasteiger partial charge >= 0.3 is 0 Å². The molecule has 0 amide bonds. The lowest BCUT2D eigenvalue weighted by atomic mass is 9.84. The Labute approximate surface area is 200 Å². The molecule has 34 heavy (non-hydrogen) atoms. The number of fused-ring (bicyclic) bond motifs is 3. The summed E-state index contributed by atoms with van der Waals surface area (Å²) in [4.78, 5) is 2.60. The maximum atomic E-state index is 13.4. The van der Waals surface area contributed by atoms with Gasteiger partial charge in [-0.15, -0.1) is 0 Å². The van der Waals surface area contributed by atoms with Crippen LogP contribution >= 0.6 is 0 Å². The average molecular weight is 455 g/mol. The first kappa shape index (κ1) is 21.6. The number of halogens is 1. The highest BCUT2D eigenvalue weighted by atomic mass is 19.1. The number of hydrogen-bond acceptors (Lipinski definition) is 2. The summed E-state index contributed by atoms with van der Waals surface area (Å²) in [6.45, 7) is 5.11. The van der Waals surface area contributed by atoms with E-state index in [2.05, 4.69) is 64.2 Å². The number of para-hydroxylation sites is 1. The smallest absolute Gasteiger partial charge is 0.123 e. The van der Waals surface area contributed by atoms with Crippen molar-refractivity contribution in [2.45, 2.75) is 44.4 Å². The highest BCUT2D eigenvalue weighted by Gasteiger charge is 2.42. The largest absolute Gasteiger partial charge is 0.365 e. The quantitative estimate of drug-likeness (QED) is 0.300. The molecule has 0 radical (unpaired) electrons. The SMILES string of the molecule is Fc1ccc(-c2cn(CCCCN3CCC4(CC3)OCc3ccccc34)c3ccccc23)cc1. The summed E-state index contributed by atoms with van der Waals surface area (Å²) in [5.41, 5.74) is 6.23. The van der Waals surface area contributed by atoms with Crippen LogP contribution in [-0.4, -0.2) is 29.1 Å². The minimum Gasteiger partial charge on any atom is -0.365 e. The molecule has 0 saturated carbocycles. The van der Waals surface area contributed by atoms with Gasteiger partial charge in [-0.3, -0.25) is 0 Å². The molecule has 3 aromatic carbocycles. The third-order valence-corrected chi connectivity index (χ3v) is 7.74. The number of rotatable bonds is 6. The second-order valence-electron chi connectivity index (χ2n) is 9.75. The normalized spacial score (nSPS) is 17.4. The Morgan fingerprint density at radius 3 is 2.41 bits per heavy atom. The molecular formula is C30H31FN2O. The molecule has 3 heterocycles. The van der Waals surface area contributed by atoms with E-state index in [1.807, 2.05) is 12.1 Å². The van der Waals surface area contributed by atoms with Gasteiger partial charge in [0.2, 0.25) is 0 Å². The molecule has 1 fully saturated rings. The number of nitrogens with zero attached hydrogens (tertiary/aromatic N) is 2. The molecule has 0 N–H and O–H groups in total. The topological polar surface area (TPSA) is 17.4 Å². The van der Waals surface area contributed by atoms with Gasteiger partial charge in [0.25, 0.3) is 0 Å². The maximum absolute atomic E-state index is 13.4. The predicted octanol–water partition coefficient (Wildman–Crippen LogP) is 6.75. The van der Waals surface area contributed by atoms with Gasteiger partial charge in [0.05, 0.1) is 12.2 Å². The Balaban J connectivity index is 1.06. The number of piperidine rings is 1. The summed E-state index contributed by atoms with van der Waals surface area (Å²) in [5.74, 6) is -0.195. The number of likely N-dealkylation sites (tertiary alicyclic amines) is 1. The predicted molar refractivity (Wildman–Crippen MR) is 135 cm³/mol. The minimum absolute atomic E-state index is 0.0477. The van der Waals surface area contributed by atoms with Crippen molar-refractivity contribution in [3.05, 3.63) is 95.9 Å². The van der Waals surface area contributed by atoms with Crippen molar-refractivity contribution in [3.8, 4) is 11.1 Å². The van der Waals surface area contributed by atoms with Crippen LogP contribution in [0.4, 0.5) is 4.39 Å². The van der Waals surface area contributed by atoms with E-state index < -0.39 is 0 Å². The Morgan fingerprint density at radius 2 is 1.56 bits per heavy atom. The molecule has 4 aromatic rings. The second kappa shape index (κ2) is 9.01. The zero-order valence-corrected chi connectivity index (χ0v) is 19.6. The summed E-state index contributed by atoms with van der Waals surface area (Å²) >= 11 is 0. The highest BCUT2D eigenvalue weighted by Crippen LogP contribution is 2.44. The van der Waals surface area contributed by atoms with Crippen LogP contribution in [0.5, 0.6) is 0 Å². The van der Waals surface area contributed by atoms with Crippen LogP contribution in [0.2, 0.25) is 0 Å². The van der Waals surface area contributed by atoms with Crippen molar-refractivity contribution < 1.29 is 9.13 Å². The first-order valence-electron chi connectivity index (χ1n) is 12.5. The third kappa shape index (κ3) is 3.95. The molecule has 6 rings (SSSR count). The van der Waals surface area contributed by atoms with Gasteiger partial charge in [0, 0.05) is 42.3 Å². The third-order valence-electron chi connectivity index (χ3n) is 7.74. The minimum atomic E-state index is -0.195. The lowest BCUT2D eigenvalue weighted by Gasteiger charge is -2.39. The van der Waals surface area contributed by atoms with Crippen LogP contribution in [0, 0.1) is 5.82 Å². The number of aryl methyl sites for hydroxylation is 1. The summed E-state index contributed by atoms with van der Waals surface area (Å²) in [6, 6.07) is 24.1. The van der Waals surface area contributed by atoms with Gasteiger partial charge in [-0.2, -0.15) is 0 Å². The van der Waals surface area contributed by atoms with E-state index in [9.17, 15) is 4.39 Å². The Kier molecular flexibility index (Phi) is 5.72. The Morgan fingerprint density at radius 1 is 0.824 bits per heavy atom. The molecule has 4 heteroatoms. The highest BCUT2D eigenvalue weighted by molar-refractivity contribution is 5.96. The first-order chi connectivity index (χ1) is 16.7. The molecule has 3 nitrogen and oxygen atoms in total. The van der Waals surface area contributed by atoms with E-state index in [4.69, 9.17) is 4.74 Å². The van der Waals surface area contributed by atoms with Crippen molar-refractivity contribution in [1.29, 1.82) is 0 Å². The molecule has 0 atom stereocenters. The van der Waals surface area contributed by atoms with Gasteiger partial charge in [-0.1, -0.05) is 54.6 Å². The Bertz CT molecular complexity index is 1280. The molecule has 1 aromatic heterocycles. The molecule has 0 unspecified atom stereocenters. The van der Waals surface area contributed by atoms with Gasteiger partial charge in [0.1, 0.15) is 5.82 Å². The van der Waals surface area contributed by atoms with Crippen molar-refractivity contribution in [2.24, 2.45) is 0 Å². The molecule has 2 aliphatic heterocycles. The second-order valence-corrected chi connectivity index (χ2v) is 9.75. The van der Waals surface area contributed by atoms with E-state index in [1.165, 1.54) is 34.0 Å². The monoisotopic (exact) mass is 454 g/mol. The van der Waals surface area contributed by atoms with E-state index >= 15 is 0 Å². The molecule has 0 bridgehead atoms. The van der Waals surface area contributed by atoms with Gasteiger partial charge in [0.15, 0.2) is 0 Å². The number of benzene rings is 3. The van der Waals surface area contributed by atoms with Crippen molar-refractivity contribution >= 4 is 10.9 Å². The average Bonchev–Trinajstić information content (AvgIpc) is 3.43. The van der Waals surface area contributed by atoms with Crippen LogP contribution in [0.3, 0.4) is 0 Å². The molecule has 1 spiro atoms. The molecule has 0 aliphatic carbocycles. The van der Waals surface area contributed by atoms with E-state index in [-0.39, 0.29) is 11.4 Å². The van der Waals surface area contributed by atoms with Crippen molar-refractivity contribution in [2.75, 3.05) is 19.6 Å². The fourth-order valence-electron chi connectivity index (χ4n) is 5.84. The molecular weight excluding hydrogens is 423 g/mol. The van der Waals surface area contributed by atoms with Crippen LogP contribution in [0.15, 0.2) is 79.0 Å². The zero-order chi connectivity index (χ0) is 23.0. The molecule has 1 saturated heterocycles. The Hall–Kier alpha value is -2.95. The molecule has 174 valence electrons. The van der Waals surface area contributed by atoms with Crippen LogP contribution < -0.4 is 0 Å². The van der Waals surface area contributed by atoms with Crippen LogP contribution in [0.25, 0.3) is 22.0 Å². The lowest BCUT2D eigenvalue weighted by molar-refractivity contribution is -0.0788. The number of hydrogen-bond donors (Lipinski definition) is 0. The number of ether oxygens (including phenoxy) is 1. The summed E-state index contributed by atoms with van der Waals surface area (Å²) in [5, 5.41) is 1.23. The number of aromatic nitrogens is 1. The van der Waals surface area contributed by atoms with Gasteiger partial charge in [-0.05, 0) is 67.1 Å². The molecule has 2 aliphatic rings. The van der Waals surface area contributed by atoms with E-state index in [1.54, 1.807) is 12.1 Å². The lowest BCUT2D eigenvalue weighted by Crippen LogP contribution is -2.42. The summed E-state index contributed by atoms with van der Waals surface area (Å²) in [7, 11) is 0. The first-order valence-corrected chi connectivity index (χ1v) is 12.5. The van der Waals surface area contributed by atoms with Crippen LogP contribution in [0.1, 0.15) is 36.8 Å². The van der Waals surface area contributed by atoms with E-state index in [0.29, 0.717) is 0 Å². The van der Waals surface area contributed by atoms with Crippen molar-refractivity contribution in [1.82, 2.24) is 9.47 Å². The van der Waals surface area contributed by atoms with E-state index in [0.717, 1.165) is 57.6 Å². The summed E-state index contributed by atoms with van der Waals surface area (Å²) in [6.07, 6.45) is 6.74. The fraction of sp³-hybridized carbons (Fsp3) is 0.333. The van der Waals surface area contributed by atoms with Crippen molar-refractivity contribution in [3.63, 3.8) is 0 Å². The van der Waals surface area contributed by atoms with Gasteiger partial charge in [-0.25, -0.2) is 4.39 Å². The standard InChI is InChI=1S/C30H31FN2O/c31-25-13-11-23(12-14-25)27-21-33(29-10-4-2-8-26(27)29)18-6-5-17-32-19-15-30(16-20-32)28-9-3-1-7-24(28)22-34-30/h1-4,7-14,21H,5-6,15-20,22H2. The zero-order valence-electron chi connectivity index (χ0n) is 19.6. The van der Waals surface area contributed by atoms with Crippen LogP contribution in [-0.2, 0) is 23.5 Å². The maximum Gasteiger partial charge on any atom is 0.123 e.